The summed E-state index contributed by atoms with van der Waals surface area (Å²) >= 11 is 7.54. The molecule has 28 heavy (non-hydrogen) atoms. The first-order valence-corrected chi connectivity index (χ1v) is 10.2. The van der Waals surface area contributed by atoms with Crippen molar-refractivity contribution in [3.05, 3.63) is 47.4 Å². The largest absolute Gasteiger partial charge is 0.484 e. The molecule has 0 saturated carbocycles. The molecule has 0 atom stereocenters. The first kappa shape index (κ1) is 20.4. The third kappa shape index (κ3) is 4.74. The summed E-state index contributed by atoms with van der Waals surface area (Å²) in [5.41, 5.74) is 0. The monoisotopic (exact) mass is 419 g/mol. The zero-order chi connectivity index (χ0) is 19.9. The van der Waals surface area contributed by atoms with Gasteiger partial charge in [0.15, 0.2) is 16.1 Å². The Hall–Kier alpha value is -2.32. The average molecular weight is 420 g/mol. The van der Waals surface area contributed by atoms with Gasteiger partial charge in [-0.25, -0.2) is 4.98 Å². The van der Waals surface area contributed by atoms with Gasteiger partial charge in [0.05, 0.1) is 12.1 Å². The first-order valence-electron chi connectivity index (χ1n) is 9.02. The Morgan fingerprint density at radius 3 is 2.64 bits per heavy atom. The third-order valence-corrected chi connectivity index (χ3v) is 5.39. The van der Waals surface area contributed by atoms with Gasteiger partial charge in [-0.05, 0) is 36.7 Å². The van der Waals surface area contributed by atoms with Crippen LogP contribution in [0, 0.1) is 0 Å². The molecule has 0 amide bonds. The summed E-state index contributed by atoms with van der Waals surface area (Å²) in [7, 11) is 1.58. The maximum absolute atomic E-state index is 6.19. The molecule has 0 aliphatic carbocycles. The highest BCUT2D eigenvalue weighted by molar-refractivity contribution is 7.99. The van der Waals surface area contributed by atoms with Crippen LogP contribution in [0.1, 0.15) is 38.6 Å². The Labute approximate surface area is 173 Å². The quantitative estimate of drug-likeness (QED) is 0.460. The van der Waals surface area contributed by atoms with E-state index in [0.29, 0.717) is 21.8 Å². The van der Waals surface area contributed by atoms with E-state index in [0.717, 1.165) is 23.8 Å². The van der Waals surface area contributed by atoms with Gasteiger partial charge in [0.1, 0.15) is 12.4 Å². The maximum atomic E-state index is 6.19. The van der Waals surface area contributed by atoms with Gasteiger partial charge in [-0.15, -0.1) is 10.2 Å². The van der Waals surface area contributed by atoms with E-state index in [1.54, 1.807) is 25.4 Å². The first-order chi connectivity index (χ1) is 13.7. The molecule has 2 aromatic heterocycles. The molecule has 0 N–H and O–H groups in total. The van der Waals surface area contributed by atoms with Crippen molar-refractivity contribution in [3.63, 3.8) is 0 Å². The second-order valence-corrected chi connectivity index (χ2v) is 7.28. The van der Waals surface area contributed by atoms with Crippen LogP contribution in [-0.4, -0.2) is 31.8 Å². The van der Waals surface area contributed by atoms with Gasteiger partial charge < -0.3 is 9.47 Å². The van der Waals surface area contributed by atoms with Crippen LogP contribution in [0.2, 0.25) is 5.02 Å². The van der Waals surface area contributed by atoms with Gasteiger partial charge in [0.2, 0.25) is 5.88 Å². The Bertz CT molecular complexity index is 917. The lowest BCUT2D eigenvalue weighted by Gasteiger charge is -2.19. The van der Waals surface area contributed by atoms with Gasteiger partial charge in [0.25, 0.3) is 0 Å². The van der Waals surface area contributed by atoms with Crippen molar-refractivity contribution in [3.8, 4) is 11.6 Å². The van der Waals surface area contributed by atoms with E-state index in [4.69, 9.17) is 21.1 Å². The predicted octanol–water partition coefficient (Wildman–Crippen LogP) is 4.82. The van der Waals surface area contributed by atoms with Crippen molar-refractivity contribution in [1.29, 1.82) is 0 Å². The Balaban J connectivity index is 1.87. The topological polar surface area (TPSA) is 75.0 Å². The minimum atomic E-state index is 0.243. The van der Waals surface area contributed by atoms with E-state index >= 15 is 0 Å². The molecule has 9 heteroatoms. The standard InChI is InChI=1S/C19H22ClN5O2S/c1-4-13(5-2)25-16(12-27-15-9-7-6-8-14(15)20)23-24-19(25)28-18-21-11-10-17(22-18)26-3/h6-11,13H,4-5,12H2,1-3H3. The van der Waals surface area contributed by atoms with Crippen LogP contribution in [0.15, 0.2) is 46.8 Å². The fraction of sp³-hybridized carbons (Fsp3) is 0.368. The number of hydrogen-bond acceptors (Lipinski definition) is 7. The highest BCUT2D eigenvalue weighted by atomic mass is 35.5. The Kier molecular flexibility index (Phi) is 7.11. The lowest BCUT2D eigenvalue weighted by Crippen LogP contribution is -2.14. The fourth-order valence-corrected chi connectivity index (χ4v) is 3.81. The van der Waals surface area contributed by atoms with Crippen LogP contribution in [0.25, 0.3) is 0 Å². The molecule has 148 valence electrons. The number of para-hydroxylation sites is 1. The van der Waals surface area contributed by atoms with Crippen LogP contribution >= 0.6 is 23.4 Å². The summed E-state index contributed by atoms with van der Waals surface area (Å²) in [6.45, 7) is 4.56. The average Bonchev–Trinajstić information content (AvgIpc) is 3.11. The van der Waals surface area contributed by atoms with Crippen molar-refractivity contribution < 1.29 is 9.47 Å². The van der Waals surface area contributed by atoms with Crippen molar-refractivity contribution in [2.75, 3.05) is 7.11 Å². The molecule has 0 aliphatic rings. The van der Waals surface area contributed by atoms with E-state index in [9.17, 15) is 0 Å². The van der Waals surface area contributed by atoms with Gasteiger partial charge in [-0.3, -0.25) is 4.57 Å². The second-order valence-electron chi connectivity index (χ2n) is 5.94. The number of halogens is 1. The molecule has 2 heterocycles. The molecular weight excluding hydrogens is 398 g/mol. The molecule has 3 rings (SSSR count). The number of benzene rings is 1. The van der Waals surface area contributed by atoms with Crippen LogP contribution in [-0.2, 0) is 6.61 Å². The highest BCUT2D eigenvalue weighted by Gasteiger charge is 2.21. The van der Waals surface area contributed by atoms with Crippen LogP contribution in [0.3, 0.4) is 0 Å². The normalized spacial score (nSPS) is 11.0. The second kappa shape index (κ2) is 9.75. The molecule has 0 aliphatic heterocycles. The van der Waals surface area contributed by atoms with E-state index in [1.807, 2.05) is 18.2 Å². The molecule has 7 nitrogen and oxygen atoms in total. The molecule has 0 radical (unpaired) electrons. The lowest BCUT2D eigenvalue weighted by molar-refractivity contribution is 0.278. The van der Waals surface area contributed by atoms with Crippen LogP contribution < -0.4 is 9.47 Å². The zero-order valence-electron chi connectivity index (χ0n) is 16.0. The van der Waals surface area contributed by atoms with Gasteiger partial charge in [-0.2, -0.15) is 4.98 Å². The van der Waals surface area contributed by atoms with E-state index in [2.05, 4.69) is 38.6 Å². The van der Waals surface area contributed by atoms with Crippen LogP contribution in [0.5, 0.6) is 11.6 Å². The zero-order valence-corrected chi connectivity index (χ0v) is 17.6. The fourth-order valence-electron chi connectivity index (χ4n) is 2.77. The van der Waals surface area contributed by atoms with Gasteiger partial charge in [-0.1, -0.05) is 37.6 Å². The molecule has 0 spiro atoms. The predicted molar refractivity (Wildman–Crippen MR) is 108 cm³/mol. The highest BCUT2D eigenvalue weighted by Crippen LogP contribution is 2.31. The molecule has 0 bridgehead atoms. The summed E-state index contributed by atoms with van der Waals surface area (Å²) in [5.74, 6) is 1.86. The van der Waals surface area contributed by atoms with Crippen molar-refractivity contribution in [2.24, 2.45) is 0 Å². The lowest BCUT2D eigenvalue weighted by atomic mass is 10.2. The number of ether oxygens (including phenoxy) is 2. The summed E-state index contributed by atoms with van der Waals surface area (Å²) in [6, 6.07) is 9.33. The summed E-state index contributed by atoms with van der Waals surface area (Å²) in [5, 5.41) is 10.6. The van der Waals surface area contributed by atoms with E-state index in [-0.39, 0.29) is 12.6 Å². The van der Waals surface area contributed by atoms with E-state index < -0.39 is 0 Å². The number of nitrogens with zero attached hydrogens (tertiary/aromatic N) is 5. The van der Waals surface area contributed by atoms with Gasteiger partial charge in [0, 0.05) is 18.3 Å². The van der Waals surface area contributed by atoms with Crippen molar-refractivity contribution >= 4 is 23.4 Å². The molecular formula is C19H22ClN5O2S. The number of hydrogen-bond donors (Lipinski definition) is 0. The van der Waals surface area contributed by atoms with Crippen molar-refractivity contribution in [1.82, 2.24) is 24.7 Å². The van der Waals surface area contributed by atoms with Crippen molar-refractivity contribution in [2.45, 2.75) is 49.7 Å². The smallest absolute Gasteiger partial charge is 0.217 e. The minimum Gasteiger partial charge on any atom is -0.484 e. The number of methoxy groups -OCH3 is 1. The summed E-state index contributed by atoms with van der Waals surface area (Å²) < 4.78 is 13.2. The maximum Gasteiger partial charge on any atom is 0.217 e. The van der Waals surface area contributed by atoms with E-state index in [1.165, 1.54) is 11.8 Å². The molecule has 0 unspecified atom stereocenters. The Morgan fingerprint density at radius 2 is 1.93 bits per heavy atom. The molecule has 0 fully saturated rings. The Morgan fingerprint density at radius 1 is 1.14 bits per heavy atom. The summed E-state index contributed by atoms with van der Waals surface area (Å²) in [6.07, 6.45) is 3.55. The minimum absolute atomic E-state index is 0.243. The number of aromatic nitrogens is 5. The third-order valence-electron chi connectivity index (χ3n) is 4.24. The number of rotatable bonds is 9. The SMILES string of the molecule is CCC(CC)n1c(COc2ccccc2Cl)nnc1Sc1nccc(OC)n1. The summed E-state index contributed by atoms with van der Waals surface area (Å²) in [4.78, 5) is 8.64. The molecule has 1 aromatic carbocycles. The van der Waals surface area contributed by atoms with Gasteiger partial charge >= 0.3 is 0 Å². The molecule has 0 saturated heterocycles. The van der Waals surface area contributed by atoms with Crippen LogP contribution in [0.4, 0.5) is 0 Å². The molecule has 3 aromatic rings.